The molecule has 0 fully saturated rings. The molecule has 4 heteroatoms. The SMILES string of the molecule is C[C@H](O)C(=O)OCC[C@@H](C)O. The molecule has 2 atom stereocenters. The molecule has 0 saturated heterocycles. The van der Waals surface area contributed by atoms with Crippen LogP contribution in [0, 0.1) is 0 Å². The number of aliphatic hydroxyl groups excluding tert-OH is 2. The van der Waals surface area contributed by atoms with Gasteiger partial charge in [-0.1, -0.05) is 0 Å². The van der Waals surface area contributed by atoms with E-state index in [2.05, 4.69) is 4.74 Å². The molecule has 0 aliphatic carbocycles. The highest BCUT2D eigenvalue weighted by molar-refractivity contribution is 5.73. The van der Waals surface area contributed by atoms with Crippen LogP contribution in [0.4, 0.5) is 0 Å². The minimum Gasteiger partial charge on any atom is -0.464 e. The maximum absolute atomic E-state index is 10.6. The summed E-state index contributed by atoms with van der Waals surface area (Å²) in [6, 6.07) is 0. The number of ether oxygens (including phenoxy) is 1. The first-order valence-electron chi connectivity index (χ1n) is 3.56. The van der Waals surface area contributed by atoms with E-state index >= 15 is 0 Å². The number of aliphatic hydroxyl groups is 2. The van der Waals surface area contributed by atoms with Crippen LogP contribution in [-0.4, -0.2) is 35.0 Å². The Labute approximate surface area is 65.8 Å². The Balaban J connectivity index is 3.32. The maximum atomic E-state index is 10.6. The van der Waals surface area contributed by atoms with Gasteiger partial charge >= 0.3 is 5.97 Å². The summed E-state index contributed by atoms with van der Waals surface area (Å²) in [6.45, 7) is 3.10. The van der Waals surface area contributed by atoms with Gasteiger partial charge in [-0.05, 0) is 13.8 Å². The summed E-state index contributed by atoms with van der Waals surface area (Å²) in [7, 11) is 0. The molecule has 0 aliphatic heterocycles. The van der Waals surface area contributed by atoms with Gasteiger partial charge in [0.25, 0.3) is 0 Å². The standard InChI is InChI=1S/C7H14O4/c1-5(8)3-4-11-7(10)6(2)9/h5-6,8-9H,3-4H2,1-2H3/t5-,6+/m1/s1. The molecule has 0 bridgehead atoms. The summed E-state index contributed by atoms with van der Waals surface area (Å²) in [5.41, 5.74) is 0. The molecule has 66 valence electrons. The van der Waals surface area contributed by atoms with Gasteiger partial charge in [0.15, 0.2) is 0 Å². The molecule has 0 spiro atoms. The maximum Gasteiger partial charge on any atom is 0.334 e. The van der Waals surface area contributed by atoms with E-state index in [1.54, 1.807) is 6.92 Å². The van der Waals surface area contributed by atoms with E-state index < -0.39 is 18.2 Å². The topological polar surface area (TPSA) is 66.8 Å². The van der Waals surface area contributed by atoms with Crippen LogP contribution in [0.5, 0.6) is 0 Å². The molecule has 0 rings (SSSR count). The molecule has 0 heterocycles. The third-order valence-electron chi connectivity index (χ3n) is 1.12. The lowest BCUT2D eigenvalue weighted by Gasteiger charge is -2.07. The fraction of sp³-hybridized carbons (Fsp3) is 0.857. The van der Waals surface area contributed by atoms with Crippen molar-refractivity contribution in [3.05, 3.63) is 0 Å². The second-order valence-corrected chi connectivity index (χ2v) is 2.48. The van der Waals surface area contributed by atoms with Crippen molar-refractivity contribution in [3.63, 3.8) is 0 Å². The molecule has 0 radical (unpaired) electrons. The van der Waals surface area contributed by atoms with Crippen LogP contribution in [0.1, 0.15) is 20.3 Å². The molecule has 0 aromatic heterocycles. The molecule has 11 heavy (non-hydrogen) atoms. The van der Waals surface area contributed by atoms with Crippen molar-refractivity contribution in [1.82, 2.24) is 0 Å². The van der Waals surface area contributed by atoms with Crippen molar-refractivity contribution in [2.24, 2.45) is 0 Å². The van der Waals surface area contributed by atoms with E-state index in [4.69, 9.17) is 10.2 Å². The number of carbonyl (C=O) groups is 1. The molecular formula is C7H14O4. The van der Waals surface area contributed by atoms with Gasteiger partial charge in [0.1, 0.15) is 6.10 Å². The molecule has 0 aromatic carbocycles. The van der Waals surface area contributed by atoms with Gasteiger partial charge < -0.3 is 14.9 Å². The van der Waals surface area contributed by atoms with Crippen molar-refractivity contribution in [2.75, 3.05) is 6.61 Å². The molecule has 2 N–H and O–H groups in total. The monoisotopic (exact) mass is 162 g/mol. The molecule has 0 saturated carbocycles. The quantitative estimate of drug-likeness (QED) is 0.556. The Morgan fingerprint density at radius 3 is 2.36 bits per heavy atom. The number of rotatable bonds is 4. The Hall–Kier alpha value is -0.610. The number of carbonyl (C=O) groups excluding carboxylic acids is 1. The largest absolute Gasteiger partial charge is 0.464 e. The van der Waals surface area contributed by atoms with E-state index in [-0.39, 0.29) is 6.61 Å². The van der Waals surface area contributed by atoms with E-state index in [1.807, 2.05) is 0 Å². The van der Waals surface area contributed by atoms with Crippen molar-refractivity contribution < 1.29 is 19.7 Å². The zero-order valence-corrected chi connectivity index (χ0v) is 6.78. The molecule has 0 aromatic rings. The van der Waals surface area contributed by atoms with Gasteiger partial charge in [0.2, 0.25) is 0 Å². The van der Waals surface area contributed by atoms with Gasteiger partial charge in [-0.3, -0.25) is 0 Å². The van der Waals surface area contributed by atoms with Crippen molar-refractivity contribution in [3.8, 4) is 0 Å². The van der Waals surface area contributed by atoms with Crippen LogP contribution >= 0.6 is 0 Å². The van der Waals surface area contributed by atoms with E-state index in [0.29, 0.717) is 6.42 Å². The Morgan fingerprint density at radius 1 is 1.45 bits per heavy atom. The van der Waals surface area contributed by atoms with Crippen LogP contribution in [0.25, 0.3) is 0 Å². The Morgan fingerprint density at radius 2 is 2.00 bits per heavy atom. The van der Waals surface area contributed by atoms with Crippen LogP contribution in [0.3, 0.4) is 0 Å². The van der Waals surface area contributed by atoms with Crippen LogP contribution < -0.4 is 0 Å². The predicted molar refractivity (Wildman–Crippen MR) is 38.9 cm³/mol. The third kappa shape index (κ3) is 5.82. The second kappa shape index (κ2) is 5.09. The first-order valence-corrected chi connectivity index (χ1v) is 3.56. The number of hydrogen-bond donors (Lipinski definition) is 2. The summed E-state index contributed by atoms with van der Waals surface area (Å²) in [5, 5.41) is 17.4. The molecular weight excluding hydrogens is 148 g/mol. The summed E-state index contributed by atoms with van der Waals surface area (Å²) in [5.74, 6) is -0.648. The van der Waals surface area contributed by atoms with Crippen molar-refractivity contribution in [1.29, 1.82) is 0 Å². The van der Waals surface area contributed by atoms with Gasteiger partial charge in [-0.2, -0.15) is 0 Å². The average Bonchev–Trinajstić information content (AvgIpc) is 1.86. The first kappa shape index (κ1) is 10.4. The fourth-order valence-electron chi connectivity index (χ4n) is 0.451. The second-order valence-electron chi connectivity index (χ2n) is 2.48. The first-order chi connectivity index (χ1) is 5.04. The third-order valence-corrected chi connectivity index (χ3v) is 1.12. The van der Waals surface area contributed by atoms with Crippen LogP contribution in [0.2, 0.25) is 0 Å². The smallest absolute Gasteiger partial charge is 0.334 e. The highest BCUT2D eigenvalue weighted by Crippen LogP contribution is 1.92. The lowest BCUT2D eigenvalue weighted by molar-refractivity contribution is -0.153. The molecule has 0 amide bonds. The van der Waals surface area contributed by atoms with Crippen LogP contribution in [-0.2, 0) is 9.53 Å². The van der Waals surface area contributed by atoms with Gasteiger partial charge in [0.05, 0.1) is 12.7 Å². The fourth-order valence-corrected chi connectivity index (χ4v) is 0.451. The number of hydrogen-bond acceptors (Lipinski definition) is 4. The average molecular weight is 162 g/mol. The van der Waals surface area contributed by atoms with E-state index in [0.717, 1.165) is 0 Å². The molecule has 4 nitrogen and oxygen atoms in total. The zero-order valence-electron chi connectivity index (χ0n) is 6.78. The summed E-state index contributed by atoms with van der Waals surface area (Å²) >= 11 is 0. The lowest BCUT2D eigenvalue weighted by atomic mass is 10.3. The van der Waals surface area contributed by atoms with E-state index in [9.17, 15) is 4.79 Å². The highest BCUT2D eigenvalue weighted by atomic mass is 16.5. The van der Waals surface area contributed by atoms with E-state index in [1.165, 1.54) is 6.92 Å². The van der Waals surface area contributed by atoms with Crippen molar-refractivity contribution >= 4 is 5.97 Å². The lowest BCUT2D eigenvalue weighted by Crippen LogP contribution is -2.20. The normalized spacial score (nSPS) is 15.6. The van der Waals surface area contributed by atoms with Gasteiger partial charge in [0, 0.05) is 6.42 Å². The zero-order chi connectivity index (χ0) is 8.85. The molecule has 0 unspecified atom stereocenters. The summed E-state index contributed by atoms with van der Waals surface area (Å²) in [4.78, 5) is 10.6. The predicted octanol–water partition coefficient (Wildman–Crippen LogP) is -0.319. The Kier molecular flexibility index (Phi) is 4.81. The minimum absolute atomic E-state index is 0.154. The minimum atomic E-state index is -1.08. The molecule has 0 aliphatic rings. The van der Waals surface area contributed by atoms with Crippen LogP contribution in [0.15, 0.2) is 0 Å². The number of esters is 1. The summed E-state index contributed by atoms with van der Waals surface area (Å²) in [6.07, 6.45) is -1.15. The van der Waals surface area contributed by atoms with Gasteiger partial charge in [-0.15, -0.1) is 0 Å². The van der Waals surface area contributed by atoms with Gasteiger partial charge in [-0.25, -0.2) is 4.79 Å². The highest BCUT2D eigenvalue weighted by Gasteiger charge is 2.09. The summed E-state index contributed by atoms with van der Waals surface area (Å²) < 4.78 is 4.57. The van der Waals surface area contributed by atoms with Crippen molar-refractivity contribution in [2.45, 2.75) is 32.5 Å². The Bertz CT molecular complexity index is 120.